The summed E-state index contributed by atoms with van der Waals surface area (Å²) in [4.78, 5) is 0. The van der Waals surface area contributed by atoms with Crippen LogP contribution in [0.15, 0.2) is 18.2 Å². The maximum atomic E-state index is 12.6. The summed E-state index contributed by atoms with van der Waals surface area (Å²) >= 11 is 6.05. The van der Waals surface area contributed by atoms with E-state index in [9.17, 15) is 8.42 Å². The third-order valence-electron chi connectivity index (χ3n) is 4.54. The Hall–Kier alpha value is -1.37. The highest BCUT2D eigenvalue weighted by atomic mass is 35.5. The van der Waals surface area contributed by atoms with Gasteiger partial charge in [0, 0.05) is 37.9 Å². The van der Waals surface area contributed by atoms with Crippen LogP contribution in [0.1, 0.15) is 18.4 Å². The SMILES string of the molecule is N#Cc1ccc(NC2CCN(S(=O)(=O)N3CCOCC3)CC2)cc1Cl. The van der Waals surface area contributed by atoms with Crippen molar-refractivity contribution in [2.24, 2.45) is 0 Å². The lowest BCUT2D eigenvalue weighted by molar-refractivity contribution is 0.0697. The van der Waals surface area contributed by atoms with Gasteiger partial charge in [-0.25, -0.2) is 0 Å². The molecule has 2 fully saturated rings. The Morgan fingerprint density at radius 3 is 2.40 bits per heavy atom. The Balaban J connectivity index is 1.56. The monoisotopic (exact) mass is 384 g/mol. The molecule has 0 amide bonds. The van der Waals surface area contributed by atoms with E-state index >= 15 is 0 Å². The van der Waals surface area contributed by atoms with Crippen molar-refractivity contribution < 1.29 is 13.2 Å². The zero-order valence-corrected chi connectivity index (χ0v) is 15.4. The van der Waals surface area contributed by atoms with Crippen LogP contribution in [-0.2, 0) is 14.9 Å². The molecule has 0 saturated carbocycles. The van der Waals surface area contributed by atoms with Gasteiger partial charge < -0.3 is 10.1 Å². The van der Waals surface area contributed by atoms with Crippen molar-refractivity contribution in [1.29, 1.82) is 5.26 Å². The lowest BCUT2D eigenvalue weighted by Gasteiger charge is -2.36. The Kier molecular flexibility index (Phi) is 5.81. The van der Waals surface area contributed by atoms with Crippen LogP contribution in [0.3, 0.4) is 0 Å². The van der Waals surface area contributed by atoms with Crippen LogP contribution >= 0.6 is 11.6 Å². The van der Waals surface area contributed by atoms with Crippen LogP contribution in [0.4, 0.5) is 5.69 Å². The molecule has 0 spiro atoms. The van der Waals surface area contributed by atoms with Gasteiger partial charge in [0.05, 0.1) is 23.8 Å². The van der Waals surface area contributed by atoms with Gasteiger partial charge in [-0.2, -0.15) is 22.3 Å². The number of hydrogen-bond acceptors (Lipinski definition) is 5. The number of piperidine rings is 1. The van der Waals surface area contributed by atoms with Crippen molar-refractivity contribution in [1.82, 2.24) is 8.61 Å². The highest BCUT2D eigenvalue weighted by Crippen LogP contribution is 2.24. The molecule has 0 aliphatic carbocycles. The van der Waals surface area contributed by atoms with E-state index in [1.54, 1.807) is 16.4 Å². The quantitative estimate of drug-likeness (QED) is 0.853. The Bertz CT molecular complexity index is 751. The number of rotatable bonds is 4. The van der Waals surface area contributed by atoms with Crippen LogP contribution in [-0.4, -0.2) is 62.5 Å². The molecule has 3 rings (SSSR count). The minimum Gasteiger partial charge on any atom is -0.382 e. The fourth-order valence-electron chi connectivity index (χ4n) is 3.10. The highest BCUT2D eigenvalue weighted by molar-refractivity contribution is 7.86. The largest absolute Gasteiger partial charge is 0.382 e. The molecule has 0 unspecified atom stereocenters. The molecule has 2 aliphatic heterocycles. The first-order valence-electron chi connectivity index (χ1n) is 8.30. The summed E-state index contributed by atoms with van der Waals surface area (Å²) in [7, 11) is -3.40. The molecule has 0 atom stereocenters. The van der Waals surface area contributed by atoms with Crippen LogP contribution in [0.25, 0.3) is 0 Å². The van der Waals surface area contributed by atoms with Gasteiger partial charge in [-0.3, -0.25) is 0 Å². The zero-order valence-electron chi connectivity index (χ0n) is 13.8. The molecule has 1 aromatic carbocycles. The van der Waals surface area contributed by atoms with E-state index in [-0.39, 0.29) is 6.04 Å². The molecule has 0 aromatic heterocycles. The Morgan fingerprint density at radius 1 is 1.16 bits per heavy atom. The van der Waals surface area contributed by atoms with Gasteiger partial charge in [0.2, 0.25) is 0 Å². The van der Waals surface area contributed by atoms with Crippen LogP contribution in [0.5, 0.6) is 0 Å². The maximum Gasteiger partial charge on any atom is 0.282 e. The fraction of sp³-hybridized carbons (Fsp3) is 0.562. The summed E-state index contributed by atoms with van der Waals surface area (Å²) in [5, 5.41) is 12.7. The van der Waals surface area contributed by atoms with Crippen molar-refractivity contribution in [2.45, 2.75) is 18.9 Å². The minimum atomic E-state index is -3.40. The van der Waals surface area contributed by atoms with Crippen LogP contribution in [0.2, 0.25) is 5.02 Å². The van der Waals surface area contributed by atoms with Crippen LogP contribution < -0.4 is 5.32 Å². The topological polar surface area (TPSA) is 85.7 Å². The number of ether oxygens (including phenoxy) is 1. The molecule has 2 saturated heterocycles. The fourth-order valence-corrected chi connectivity index (χ4v) is 4.93. The molecule has 1 N–H and O–H groups in total. The summed E-state index contributed by atoms with van der Waals surface area (Å²) in [6.07, 6.45) is 1.45. The summed E-state index contributed by atoms with van der Waals surface area (Å²) < 4.78 is 33.6. The van der Waals surface area contributed by atoms with Crippen molar-refractivity contribution in [3.05, 3.63) is 28.8 Å². The Labute approximate surface area is 153 Å². The van der Waals surface area contributed by atoms with Gasteiger partial charge in [-0.1, -0.05) is 11.6 Å². The maximum absolute atomic E-state index is 12.6. The zero-order chi connectivity index (χ0) is 17.9. The van der Waals surface area contributed by atoms with E-state index in [1.807, 2.05) is 12.1 Å². The molecule has 2 heterocycles. The average Bonchev–Trinajstić information content (AvgIpc) is 2.63. The summed E-state index contributed by atoms with van der Waals surface area (Å²) in [5.41, 5.74) is 1.29. The third-order valence-corrected chi connectivity index (χ3v) is 6.89. The van der Waals surface area contributed by atoms with Gasteiger partial charge in [0.25, 0.3) is 10.2 Å². The summed E-state index contributed by atoms with van der Waals surface area (Å²) in [6, 6.07) is 7.45. The molecule has 2 aliphatic rings. The van der Waals surface area contributed by atoms with Gasteiger partial charge in [-0.05, 0) is 31.0 Å². The predicted molar refractivity (Wildman–Crippen MR) is 95.7 cm³/mol. The molecule has 9 heteroatoms. The minimum absolute atomic E-state index is 0.181. The summed E-state index contributed by atoms with van der Waals surface area (Å²) in [5.74, 6) is 0. The number of nitrogens with zero attached hydrogens (tertiary/aromatic N) is 3. The number of anilines is 1. The van der Waals surface area contributed by atoms with Gasteiger partial charge >= 0.3 is 0 Å². The second-order valence-corrected chi connectivity index (χ2v) is 8.48. The van der Waals surface area contributed by atoms with Gasteiger partial charge in [0.1, 0.15) is 6.07 Å². The third kappa shape index (κ3) is 4.25. The molecular weight excluding hydrogens is 364 g/mol. The number of hydrogen-bond donors (Lipinski definition) is 1. The van der Waals surface area contributed by atoms with Gasteiger partial charge in [0.15, 0.2) is 0 Å². The lowest BCUT2D eigenvalue weighted by atomic mass is 10.1. The van der Waals surface area contributed by atoms with Gasteiger partial charge in [-0.15, -0.1) is 0 Å². The van der Waals surface area contributed by atoms with E-state index in [4.69, 9.17) is 21.6 Å². The standard InChI is InChI=1S/C16H21ClN4O3S/c17-16-11-15(2-1-13(16)12-18)19-14-3-5-20(6-4-14)25(22,23)21-7-9-24-10-8-21/h1-2,11,14,19H,3-10H2. The normalized spacial score (nSPS) is 21.0. The van der Waals surface area contributed by atoms with E-state index in [0.717, 1.165) is 18.5 Å². The smallest absolute Gasteiger partial charge is 0.282 e. The number of benzene rings is 1. The molecule has 136 valence electrons. The first-order valence-corrected chi connectivity index (χ1v) is 10.1. The number of nitriles is 1. The van der Waals surface area contributed by atoms with E-state index in [1.165, 1.54) is 4.31 Å². The van der Waals surface area contributed by atoms with Crippen molar-refractivity contribution in [2.75, 3.05) is 44.7 Å². The molecule has 25 heavy (non-hydrogen) atoms. The first kappa shape index (κ1) is 18.4. The number of morpholine rings is 1. The average molecular weight is 385 g/mol. The second-order valence-electron chi connectivity index (χ2n) is 6.14. The van der Waals surface area contributed by atoms with E-state index in [0.29, 0.717) is 50.0 Å². The molecule has 1 aromatic rings. The van der Waals surface area contributed by atoms with E-state index in [2.05, 4.69) is 5.32 Å². The molecule has 0 radical (unpaired) electrons. The van der Waals surface area contributed by atoms with Crippen molar-refractivity contribution >= 4 is 27.5 Å². The van der Waals surface area contributed by atoms with Crippen molar-refractivity contribution in [3.63, 3.8) is 0 Å². The molecular formula is C16H21ClN4O3S. The lowest BCUT2D eigenvalue weighted by Crippen LogP contribution is -2.51. The Morgan fingerprint density at radius 2 is 1.80 bits per heavy atom. The predicted octanol–water partition coefficient (Wildman–Crippen LogP) is 1.66. The van der Waals surface area contributed by atoms with Crippen LogP contribution in [0, 0.1) is 11.3 Å². The second kappa shape index (κ2) is 7.89. The highest BCUT2D eigenvalue weighted by Gasteiger charge is 2.33. The number of nitrogens with one attached hydrogen (secondary N) is 1. The van der Waals surface area contributed by atoms with Crippen molar-refractivity contribution in [3.8, 4) is 6.07 Å². The molecule has 7 nitrogen and oxygen atoms in total. The molecule has 0 bridgehead atoms. The summed E-state index contributed by atoms with van der Waals surface area (Å²) in [6.45, 7) is 2.73. The first-order chi connectivity index (χ1) is 12.0. The van der Waals surface area contributed by atoms with E-state index < -0.39 is 10.2 Å². The number of halogens is 1.